The van der Waals surface area contributed by atoms with Gasteiger partial charge in [0, 0.05) is 39.2 Å². The van der Waals surface area contributed by atoms with Crippen LogP contribution in [-0.4, -0.2) is 4.57 Å². The van der Waals surface area contributed by atoms with Crippen LogP contribution in [0.4, 0.5) is 17.1 Å². The first kappa shape index (κ1) is 36.7. The predicted octanol–water partition coefficient (Wildman–Crippen LogP) is 15.9. The van der Waals surface area contributed by atoms with E-state index in [4.69, 9.17) is 0 Å². The smallest absolute Gasteiger partial charge is 0.0747 e. The van der Waals surface area contributed by atoms with Crippen molar-refractivity contribution >= 4 is 17.1 Å². The van der Waals surface area contributed by atoms with Crippen molar-refractivity contribution in [3.05, 3.63) is 264 Å². The Kier molecular flexibility index (Phi) is 7.90. The highest BCUT2D eigenvalue weighted by Crippen LogP contribution is 2.69. The summed E-state index contributed by atoms with van der Waals surface area (Å²) in [6, 6.07) is 85.8. The van der Waals surface area contributed by atoms with E-state index in [0.29, 0.717) is 0 Å². The lowest BCUT2D eigenvalue weighted by atomic mass is 9.69. The number of benzene rings is 9. The summed E-state index contributed by atoms with van der Waals surface area (Å²) in [5.74, 6) is 0. The van der Waals surface area contributed by atoms with Crippen LogP contribution < -0.4 is 4.90 Å². The van der Waals surface area contributed by atoms with Crippen LogP contribution in [0.3, 0.4) is 0 Å². The van der Waals surface area contributed by atoms with Crippen LogP contribution in [0.25, 0.3) is 61.6 Å². The highest BCUT2D eigenvalue weighted by Gasteiger charge is 2.56. The molecule has 0 bridgehead atoms. The van der Waals surface area contributed by atoms with Gasteiger partial charge in [0.05, 0.1) is 22.5 Å². The average Bonchev–Trinajstić information content (AvgIpc) is 4.03. The van der Waals surface area contributed by atoms with Gasteiger partial charge in [-0.25, -0.2) is 0 Å². The first-order chi connectivity index (χ1) is 31.6. The second-order valence-corrected chi connectivity index (χ2v) is 18.0. The predicted molar refractivity (Wildman–Crippen MR) is 265 cm³/mol. The fourth-order valence-electron chi connectivity index (χ4n) is 11.8. The summed E-state index contributed by atoms with van der Waals surface area (Å²) in [4.78, 5) is 2.53. The van der Waals surface area contributed by atoms with E-state index in [1.165, 1.54) is 89.3 Å². The summed E-state index contributed by atoms with van der Waals surface area (Å²) in [6.07, 6.45) is 0. The Labute approximate surface area is 375 Å². The van der Waals surface area contributed by atoms with Crippen LogP contribution >= 0.6 is 0 Å². The Hall–Kier alpha value is -7.94. The zero-order valence-electron chi connectivity index (χ0n) is 35.8. The van der Waals surface area contributed by atoms with Gasteiger partial charge < -0.3 is 9.47 Å². The monoisotopic (exact) mass is 816 g/mol. The standard InChI is InChI=1S/C62H44N2/c1-61(2)50-33-18-15-30-46(50)49-39-38-45(40-54(49)61)63(43-26-11-5-12-27-43)55-37-21-36-53-56(55)57-58(62(53)51-34-19-16-31-47(51)48-32-17-20-35-52(48)62)60(42-24-9-4-10-25-42)64(44-28-13-6-14-29-44)59(57)41-22-7-3-8-23-41/h3-40H,1-2H3. The molecule has 1 aromatic heterocycles. The van der Waals surface area contributed by atoms with Crippen LogP contribution in [0.5, 0.6) is 0 Å². The molecule has 0 fully saturated rings. The van der Waals surface area contributed by atoms with E-state index >= 15 is 0 Å². The van der Waals surface area contributed by atoms with E-state index in [0.717, 1.165) is 22.7 Å². The van der Waals surface area contributed by atoms with Crippen molar-refractivity contribution in [1.82, 2.24) is 4.57 Å². The summed E-state index contributed by atoms with van der Waals surface area (Å²) < 4.78 is 2.57. The van der Waals surface area contributed by atoms with Crippen molar-refractivity contribution in [2.45, 2.75) is 24.7 Å². The number of anilines is 3. The first-order valence-corrected chi connectivity index (χ1v) is 22.4. The van der Waals surface area contributed by atoms with E-state index < -0.39 is 5.41 Å². The van der Waals surface area contributed by atoms with Gasteiger partial charge in [0.15, 0.2) is 0 Å². The molecule has 2 nitrogen and oxygen atoms in total. The molecule has 0 radical (unpaired) electrons. The van der Waals surface area contributed by atoms with E-state index in [-0.39, 0.29) is 5.41 Å². The quantitative estimate of drug-likeness (QED) is 0.162. The number of para-hydroxylation sites is 2. The van der Waals surface area contributed by atoms with Crippen molar-refractivity contribution in [3.8, 4) is 61.6 Å². The van der Waals surface area contributed by atoms with Crippen molar-refractivity contribution < 1.29 is 0 Å². The minimum Gasteiger partial charge on any atom is -0.310 e. The molecule has 10 aromatic rings. The van der Waals surface area contributed by atoms with Crippen molar-refractivity contribution in [2.24, 2.45) is 0 Å². The lowest BCUT2D eigenvalue weighted by Gasteiger charge is -2.33. The van der Waals surface area contributed by atoms with E-state index in [1.807, 2.05) is 0 Å². The number of nitrogens with zero attached hydrogens (tertiary/aromatic N) is 2. The fourth-order valence-corrected chi connectivity index (χ4v) is 11.8. The molecule has 0 N–H and O–H groups in total. The molecule has 64 heavy (non-hydrogen) atoms. The van der Waals surface area contributed by atoms with Crippen molar-refractivity contribution in [1.29, 1.82) is 0 Å². The second kappa shape index (κ2) is 13.8. The Morgan fingerprint density at radius 1 is 0.359 bits per heavy atom. The maximum atomic E-state index is 2.57. The SMILES string of the molecule is CC1(C)c2ccccc2-c2ccc(N(c3ccccc3)c3cccc4c3-c3c(c(-c5ccccc5)n(-c5ccccc5)c3-c3ccccc3)C43c4ccccc4-c4ccccc43)cc21. The van der Waals surface area contributed by atoms with Crippen molar-refractivity contribution in [2.75, 3.05) is 4.90 Å². The van der Waals surface area contributed by atoms with Gasteiger partial charge in [0.1, 0.15) is 0 Å². The molecule has 0 amide bonds. The lowest BCUT2D eigenvalue weighted by Crippen LogP contribution is -2.27. The third kappa shape index (κ3) is 4.91. The van der Waals surface area contributed by atoms with E-state index in [2.05, 4.69) is 254 Å². The second-order valence-electron chi connectivity index (χ2n) is 18.0. The first-order valence-electron chi connectivity index (χ1n) is 22.4. The van der Waals surface area contributed by atoms with Gasteiger partial charge in [-0.05, 0) is 104 Å². The van der Waals surface area contributed by atoms with Crippen LogP contribution in [0, 0.1) is 0 Å². The van der Waals surface area contributed by atoms with Crippen LogP contribution in [0.15, 0.2) is 231 Å². The van der Waals surface area contributed by atoms with E-state index in [1.54, 1.807) is 0 Å². The highest BCUT2D eigenvalue weighted by atomic mass is 15.1. The zero-order valence-corrected chi connectivity index (χ0v) is 35.8. The molecule has 1 heterocycles. The molecular formula is C62H44N2. The van der Waals surface area contributed by atoms with Gasteiger partial charge in [0.2, 0.25) is 0 Å². The Bertz CT molecular complexity index is 3410. The maximum absolute atomic E-state index is 2.57. The molecule has 2 heteroatoms. The number of hydrogen-bond acceptors (Lipinski definition) is 1. The van der Waals surface area contributed by atoms with Gasteiger partial charge in [-0.2, -0.15) is 0 Å². The average molecular weight is 817 g/mol. The molecule has 9 aromatic carbocycles. The molecule has 0 saturated carbocycles. The molecule has 302 valence electrons. The van der Waals surface area contributed by atoms with Gasteiger partial charge in [-0.1, -0.05) is 202 Å². The molecular weight excluding hydrogens is 773 g/mol. The zero-order chi connectivity index (χ0) is 42.6. The maximum Gasteiger partial charge on any atom is 0.0747 e. The minimum absolute atomic E-state index is 0.157. The fraction of sp³-hybridized carbons (Fsp3) is 0.0645. The molecule has 0 unspecified atom stereocenters. The molecule has 0 aliphatic heterocycles. The van der Waals surface area contributed by atoms with Gasteiger partial charge >= 0.3 is 0 Å². The molecule has 13 rings (SSSR count). The van der Waals surface area contributed by atoms with Crippen LogP contribution in [0.1, 0.15) is 47.2 Å². The van der Waals surface area contributed by atoms with Crippen molar-refractivity contribution in [3.63, 3.8) is 0 Å². The Morgan fingerprint density at radius 2 is 0.844 bits per heavy atom. The van der Waals surface area contributed by atoms with Gasteiger partial charge in [-0.15, -0.1) is 0 Å². The number of hydrogen-bond donors (Lipinski definition) is 0. The third-order valence-corrected chi connectivity index (χ3v) is 14.4. The number of rotatable bonds is 6. The number of fused-ring (bicyclic) bond motifs is 13. The summed E-state index contributed by atoms with van der Waals surface area (Å²) in [5.41, 5.74) is 24.2. The molecule has 1 spiro atoms. The van der Waals surface area contributed by atoms with Gasteiger partial charge in [-0.3, -0.25) is 0 Å². The van der Waals surface area contributed by atoms with Crippen LogP contribution in [-0.2, 0) is 10.8 Å². The largest absolute Gasteiger partial charge is 0.310 e. The molecule has 0 saturated heterocycles. The van der Waals surface area contributed by atoms with E-state index in [9.17, 15) is 0 Å². The van der Waals surface area contributed by atoms with Crippen LogP contribution in [0.2, 0.25) is 0 Å². The minimum atomic E-state index is -0.632. The Balaban J connectivity index is 1.22. The summed E-state index contributed by atoms with van der Waals surface area (Å²) in [7, 11) is 0. The molecule has 0 atom stereocenters. The lowest BCUT2D eigenvalue weighted by molar-refractivity contribution is 0.660. The molecule has 3 aliphatic carbocycles. The molecule has 3 aliphatic rings. The summed E-state index contributed by atoms with van der Waals surface area (Å²) >= 11 is 0. The number of aromatic nitrogens is 1. The van der Waals surface area contributed by atoms with Gasteiger partial charge in [0.25, 0.3) is 0 Å². The summed E-state index contributed by atoms with van der Waals surface area (Å²) in [6.45, 7) is 4.76. The third-order valence-electron chi connectivity index (χ3n) is 14.4. The Morgan fingerprint density at radius 3 is 1.47 bits per heavy atom. The highest BCUT2D eigenvalue weighted by molar-refractivity contribution is 6.09. The topological polar surface area (TPSA) is 8.17 Å². The normalized spacial score (nSPS) is 14.0. The summed E-state index contributed by atoms with van der Waals surface area (Å²) in [5, 5.41) is 0.